The van der Waals surface area contributed by atoms with Gasteiger partial charge >= 0.3 is 0 Å². The van der Waals surface area contributed by atoms with E-state index in [1.165, 1.54) is 24.0 Å². The van der Waals surface area contributed by atoms with Crippen LogP contribution in [0.3, 0.4) is 0 Å². The van der Waals surface area contributed by atoms with Gasteiger partial charge < -0.3 is 5.11 Å². The summed E-state index contributed by atoms with van der Waals surface area (Å²) in [5, 5.41) is 9.32. The van der Waals surface area contributed by atoms with E-state index in [1.54, 1.807) is 0 Å². The Labute approximate surface area is 92.1 Å². The molecular weight excluding hydrogens is 184 g/mol. The smallest absolute Gasteiger partial charge is 0.0684 e. The first-order valence-corrected chi connectivity index (χ1v) is 5.95. The molecule has 0 aliphatic heterocycles. The summed E-state index contributed by atoms with van der Waals surface area (Å²) in [7, 11) is 0. The number of hydrogen-bond acceptors (Lipinski definition) is 1. The zero-order valence-corrected chi connectivity index (χ0v) is 9.66. The molecule has 15 heavy (non-hydrogen) atoms. The molecule has 1 atom stereocenters. The van der Waals surface area contributed by atoms with Gasteiger partial charge in [0.15, 0.2) is 0 Å². The largest absolute Gasteiger partial charge is 0.392 e. The molecule has 1 aliphatic rings. The highest BCUT2D eigenvalue weighted by Gasteiger charge is 2.23. The van der Waals surface area contributed by atoms with Crippen molar-refractivity contribution in [3.63, 3.8) is 0 Å². The highest BCUT2D eigenvalue weighted by Crippen LogP contribution is 2.37. The summed E-state index contributed by atoms with van der Waals surface area (Å²) < 4.78 is 0. The summed E-state index contributed by atoms with van der Waals surface area (Å²) in [6.07, 6.45) is 3.72. The van der Waals surface area contributed by atoms with Gasteiger partial charge in [0.05, 0.1) is 6.61 Å². The van der Waals surface area contributed by atoms with Crippen LogP contribution in [0.1, 0.15) is 49.3 Å². The van der Waals surface area contributed by atoms with Gasteiger partial charge in [0.1, 0.15) is 0 Å². The monoisotopic (exact) mass is 204 g/mol. The standard InChI is InChI=1S/C14H20O/c1-10(2)12-6-4-7-13-11(9-15)5-3-8-14(12)13/h3,5,8,10,12,15H,4,6-7,9H2,1-2H3. The minimum absolute atomic E-state index is 0.188. The summed E-state index contributed by atoms with van der Waals surface area (Å²) in [5.41, 5.74) is 4.05. The van der Waals surface area contributed by atoms with Crippen molar-refractivity contribution in [3.05, 3.63) is 34.9 Å². The summed E-state index contributed by atoms with van der Waals surface area (Å²) in [5.74, 6) is 1.40. The summed E-state index contributed by atoms with van der Waals surface area (Å²) >= 11 is 0. The van der Waals surface area contributed by atoms with Crippen LogP contribution >= 0.6 is 0 Å². The maximum atomic E-state index is 9.32. The fourth-order valence-electron chi connectivity index (χ4n) is 2.80. The third kappa shape index (κ3) is 1.93. The van der Waals surface area contributed by atoms with Crippen molar-refractivity contribution in [2.24, 2.45) is 5.92 Å². The topological polar surface area (TPSA) is 20.2 Å². The Morgan fingerprint density at radius 1 is 1.40 bits per heavy atom. The van der Waals surface area contributed by atoms with E-state index in [4.69, 9.17) is 0 Å². The van der Waals surface area contributed by atoms with Gasteiger partial charge in [0.25, 0.3) is 0 Å². The Balaban J connectivity index is 2.44. The van der Waals surface area contributed by atoms with Crippen molar-refractivity contribution in [2.75, 3.05) is 0 Å². The van der Waals surface area contributed by atoms with E-state index in [1.807, 2.05) is 0 Å². The quantitative estimate of drug-likeness (QED) is 0.784. The molecule has 0 spiro atoms. The lowest BCUT2D eigenvalue weighted by atomic mass is 9.76. The van der Waals surface area contributed by atoms with Crippen molar-refractivity contribution in [1.82, 2.24) is 0 Å². The Bertz CT molecular complexity index is 341. The van der Waals surface area contributed by atoms with Crippen molar-refractivity contribution < 1.29 is 5.11 Å². The zero-order chi connectivity index (χ0) is 10.8. The molecule has 0 saturated heterocycles. The van der Waals surface area contributed by atoms with E-state index in [0.29, 0.717) is 11.8 Å². The molecule has 1 aromatic rings. The molecular formula is C14H20O. The van der Waals surface area contributed by atoms with Gasteiger partial charge in [-0.3, -0.25) is 0 Å². The number of hydrogen-bond donors (Lipinski definition) is 1. The van der Waals surface area contributed by atoms with E-state index in [-0.39, 0.29) is 6.61 Å². The molecule has 82 valence electrons. The van der Waals surface area contributed by atoms with Crippen LogP contribution in [0, 0.1) is 5.92 Å². The zero-order valence-electron chi connectivity index (χ0n) is 9.66. The van der Waals surface area contributed by atoms with E-state index in [9.17, 15) is 5.11 Å². The first kappa shape index (κ1) is 10.7. The van der Waals surface area contributed by atoms with Gasteiger partial charge in [-0.2, -0.15) is 0 Å². The Hall–Kier alpha value is -0.820. The molecule has 1 unspecified atom stereocenters. The van der Waals surface area contributed by atoms with Crippen LogP contribution in [0.4, 0.5) is 0 Å². The van der Waals surface area contributed by atoms with Crippen molar-refractivity contribution in [2.45, 2.75) is 45.6 Å². The van der Waals surface area contributed by atoms with Crippen LogP contribution in [-0.2, 0) is 13.0 Å². The number of fused-ring (bicyclic) bond motifs is 1. The molecule has 0 amide bonds. The molecule has 1 heteroatoms. The van der Waals surface area contributed by atoms with E-state index in [0.717, 1.165) is 12.0 Å². The van der Waals surface area contributed by atoms with Gasteiger partial charge in [-0.05, 0) is 47.8 Å². The third-order valence-corrected chi connectivity index (χ3v) is 3.63. The molecule has 0 heterocycles. The lowest BCUT2D eigenvalue weighted by Gasteiger charge is -2.29. The normalized spacial score (nSPS) is 20.4. The fraction of sp³-hybridized carbons (Fsp3) is 0.571. The second-order valence-corrected chi connectivity index (χ2v) is 4.89. The second-order valence-electron chi connectivity index (χ2n) is 4.89. The average Bonchev–Trinajstić information content (AvgIpc) is 2.27. The first-order valence-electron chi connectivity index (χ1n) is 5.95. The highest BCUT2D eigenvalue weighted by atomic mass is 16.3. The average molecular weight is 204 g/mol. The van der Waals surface area contributed by atoms with Crippen LogP contribution in [-0.4, -0.2) is 5.11 Å². The third-order valence-electron chi connectivity index (χ3n) is 3.63. The number of rotatable bonds is 2. The SMILES string of the molecule is CC(C)C1CCCc2c(CO)cccc21. The first-order chi connectivity index (χ1) is 7.24. The van der Waals surface area contributed by atoms with Crippen LogP contribution in [0.5, 0.6) is 0 Å². The molecule has 1 N–H and O–H groups in total. The maximum Gasteiger partial charge on any atom is 0.0684 e. The number of aliphatic hydroxyl groups excluding tert-OH is 1. The molecule has 0 bridgehead atoms. The molecule has 0 saturated carbocycles. The lowest BCUT2D eigenvalue weighted by molar-refractivity contribution is 0.279. The highest BCUT2D eigenvalue weighted by molar-refractivity contribution is 5.39. The van der Waals surface area contributed by atoms with Crippen LogP contribution in [0.15, 0.2) is 18.2 Å². The van der Waals surface area contributed by atoms with E-state index in [2.05, 4.69) is 32.0 Å². The van der Waals surface area contributed by atoms with Crippen molar-refractivity contribution >= 4 is 0 Å². The van der Waals surface area contributed by atoms with Crippen LogP contribution < -0.4 is 0 Å². The van der Waals surface area contributed by atoms with Crippen molar-refractivity contribution in [3.8, 4) is 0 Å². The Kier molecular flexibility index (Phi) is 3.11. The van der Waals surface area contributed by atoms with Crippen molar-refractivity contribution in [1.29, 1.82) is 0 Å². The predicted molar refractivity (Wildman–Crippen MR) is 62.9 cm³/mol. The van der Waals surface area contributed by atoms with E-state index >= 15 is 0 Å². The molecule has 0 fully saturated rings. The lowest BCUT2D eigenvalue weighted by Crippen LogP contribution is -2.16. The minimum atomic E-state index is 0.188. The maximum absolute atomic E-state index is 9.32. The molecule has 0 aromatic heterocycles. The van der Waals surface area contributed by atoms with Gasteiger partial charge in [0, 0.05) is 0 Å². The Morgan fingerprint density at radius 3 is 2.87 bits per heavy atom. The molecule has 1 nitrogen and oxygen atoms in total. The molecule has 2 rings (SSSR count). The summed E-state index contributed by atoms with van der Waals surface area (Å²) in [4.78, 5) is 0. The molecule has 1 aliphatic carbocycles. The molecule has 1 aromatic carbocycles. The van der Waals surface area contributed by atoms with Crippen LogP contribution in [0.25, 0.3) is 0 Å². The van der Waals surface area contributed by atoms with Gasteiger partial charge in [-0.1, -0.05) is 32.0 Å². The number of aliphatic hydroxyl groups is 1. The summed E-state index contributed by atoms with van der Waals surface area (Å²) in [6, 6.07) is 6.39. The fourth-order valence-corrected chi connectivity index (χ4v) is 2.80. The van der Waals surface area contributed by atoms with E-state index < -0.39 is 0 Å². The van der Waals surface area contributed by atoms with Gasteiger partial charge in [-0.25, -0.2) is 0 Å². The van der Waals surface area contributed by atoms with Crippen LogP contribution in [0.2, 0.25) is 0 Å². The predicted octanol–water partition coefficient (Wildman–Crippen LogP) is 3.25. The molecule has 0 radical (unpaired) electrons. The Morgan fingerprint density at radius 2 is 2.20 bits per heavy atom. The summed E-state index contributed by atoms with van der Waals surface area (Å²) in [6.45, 7) is 4.78. The van der Waals surface area contributed by atoms with Gasteiger partial charge in [0.2, 0.25) is 0 Å². The second kappa shape index (κ2) is 4.36. The van der Waals surface area contributed by atoms with Gasteiger partial charge in [-0.15, -0.1) is 0 Å². The number of benzene rings is 1. The minimum Gasteiger partial charge on any atom is -0.392 e.